The first-order valence-corrected chi connectivity index (χ1v) is 13.5. The van der Waals surface area contributed by atoms with Gasteiger partial charge in [-0.3, -0.25) is 4.79 Å². The van der Waals surface area contributed by atoms with Crippen LogP contribution >= 0.6 is 0 Å². The first-order valence-electron chi connectivity index (χ1n) is 13.5. The Morgan fingerprint density at radius 1 is 0.809 bits per heavy atom. The normalized spacial score (nSPS) is 13.3. The van der Waals surface area contributed by atoms with Gasteiger partial charge in [0.05, 0.1) is 17.7 Å². The maximum Gasteiger partial charge on any atom is 0.461 e. The molecule has 0 aromatic heterocycles. The summed E-state index contributed by atoms with van der Waals surface area (Å²) >= 11 is 0. The Morgan fingerprint density at radius 3 is 2.13 bits per heavy atom. The van der Waals surface area contributed by atoms with Crippen LogP contribution in [0.2, 0.25) is 0 Å². The molecule has 0 spiro atoms. The Bertz CT molecular complexity index is 1720. The average molecular weight is 676 g/mol. The van der Waals surface area contributed by atoms with Gasteiger partial charge < -0.3 is 19.9 Å². The van der Waals surface area contributed by atoms with E-state index in [1.807, 2.05) is 0 Å². The average Bonchev–Trinajstić information content (AvgIpc) is 2.99. The summed E-state index contributed by atoms with van der Waals surface area (Å²) < 4.78 is 147. The fourth-order valence-electron chi connectivity index (χ4n) is 4.72. The van der Waals surface area contributed by atoms with E-state index in [1.165, 1.54) is 12.1 Å². The maximum absolute atomic E-state index is 15.1. The summed E-state index contributed by atoms with van der Waals surface area (Å²) in [5, 5.41) is 11.6. The van der Waals surface area contributed by atoms with Crippen LogP contribution in [0.4, 0.5) is 43.9 Å². The Hall–Kier alpha value is -4.79. The second kappa shape index (κ2) is 13.9. The SMILES string of the molecule is O=C(NC(Cc1ccccc1)(c1cc(F)cc(OC(F)(F)C(F)F)c1)c1ccc(F)c(OCCO)c1)c1ccc(F)c(C(F)(F)F)c1. The van der Waals surface area contributed by atoms with Crippen LogP contribution in [0, 0.1) is 17.5 Å². The summed E-state index contributed by atoms with van der Waals surface area (Å²) in [4.78, 5) is 13.7. The molecule has 4 rings (SSSR count). The van der Waals surface area contributed by atoms with Crippen LogP contribution in [0.1, 0.15) is 32.6 Å². The number of carbonyl (C=O) groups excluding carboxylic acids is 1. The van der Waals surface area contributed by atoms with Crippen LogP contribution in [-0.4, -0.2) is 36.8 Å². The van der Waals surface area contributed by atoms with Crippen LogP contribution in [0.3, 0.4) is 0 Å². The third kappa shape index (κ3) is 8.14. The summed E-state index contributed by atoms with van der Waals surface area (Å²) in [5.41, 5.74) is -5.05. The van der Waals surface area contributed by atoms with Gasteiger partial charge in [-0.15, -0.1) is 0 Å². The number of hydrogen-bond acceptors (Lipinski definition) is 4. The Kier molecular flexibility index (Phi) is 10.4. The van der Waals surface area contributed by atoms with Gasteiger partial charge in [0, 0.05) is 18.1 Å². The van der Waals surface area contributed by atoms with Gasteiger partial charge in [-0.2, -0.15) is 30.7 Å². The second-order valence-corrected chi connectivity index (χ2v) is 10.1. The summed E-state index contributed by atoms with van der Waals surface area (Å²) in [6.45, 7) is -0.987. The second-order valence-electron chi connectivity index (χ2n) is 10.1. The fourth-order valence-corrected chi connectivity index (χ4v) is 4.72. The maximum atomic E-state index is 15.1. The first-order chi connectivity index (χ1) is 22.1. The summed E-state index contributed by atoms with van der Waals surface area (Å²) in [6.07, 6.45) is -15.1. The smallest absolute Gasteiger partial charge is 0.461 e. The van der Waals surface area contributed by atoms with Crippen LogP contribution < -0.4 is 14.8 Å². The van der Waals surface area contributed by atoms with Gasteiger partial charge in [0.25, 0.3) is 5.91 Å². The van der Waals surface area contributed by atoms with Gasteiger partial charge in [0.1, 0.15) is 24.0 Å². The van der Waals surface area contributed by atoms with E-state index in [9.17, 15) is 49.4 Å². The van der Waals surface area contributed by atoms with E-state index in [0.29, 0.717) is 29.8 Å². The van der Waals surface area contributed by atoms with Gasteiger partial charge >= 0.3 is 18.7 Å². The summed E-state index contributed by atoms with van der Waals surface area (Å²) in [5.74, 6) is -6.96. The minimum atomic E-state index is -5.22. The van der Waals surface area contributed by atoms with Gasteiger partial charge in [-0.1, -0.05) is 36.4 Å². The molecule has 0 radical (unpaired) electrons. The molecular weight excluding hydrogens is 652 g/mol. The molecule has 0 fully saturated rings. The molecule has 0 bridgehead atoms. The van der Waals surface area contributed by atoms with Crippen molar-refractivity contribution in [2.45, 2.75) is 30.7 Å². The molecule has 4 aromatic carbocycles. The molecule has 2 N–H and O–H groups in total. The predicted molar refractivity (Wildman–Crippen MR) is 147 cm³/mol. The number of carbonyl (C=O) groups is 1. The highest BCUT2D eigenvalue weighted by Crippen LogP contribution is 2.40. The van der Waals surface area contributed by atoms with E-state index >= 15 is 4.39 Å². The van der Waals surface area contributed by atoms with Crippen LogP contribution in [0.25, 0.3) is 0 Å². The zero-order valence-electron chi connectivity index (χ0n) is 23.7. The van der Waals surface area contributed by atoms with Crippen molar-refractivity contribution >= 4 is 5.91 Å². The monoisotopic (exact) mass is 675 g/mol. The molecule has 0 saturated heterocycles. The number of aliphatic hydroxyl groups excluding tert-OH is 1. The van der Waals surface area contributed by atoms with Crippen molar-refractivity contribution in [2.75, 3.05) is 13.2 Å². The number of ether oxygens (including phenoxy) is 2. The molecule has 4 aromatic rings. The standard InChI is InChI=1S/C32H23F10NO4/c33-22-13-21(14-23(16-22)47-32(41,42)29(36)37)30(17-18-4-2-1-3-5-18,20-7-9-26(35)27(15-20)46-11-10-44)43-28(45)19-6-8-25(34)24(12-19)31(38,39)40/h1-9,12-16,29,44H,10-11,17H2,(H,43,45). The minimum Gasteiger partial charge on any atom is -0.488 e. The number of halogens is 10. The molecule has 0 aliphatic heterocycles. The molecule has 47 heavy (non-hydrogen) atoms. The largest absolute Gasteiger partial charge is 0.488 e. The summed E-state index contributed by atoms with van der Waals surface area (Å²) in [7, 11) is 0. The third-order valence-corrected chi connectivity index (χ3v) is 6.82. The molecule has 15 heteroatoms. The molecule has 0 saturated carbocycles. The van der Waals surface area contributed by atoms with E-state index in [4.69, 9.17) is 4.74 Å². The van der Waals surface area contributed by atoms with E-state index < -0.39 is 95.4 Å². The topological polar surface area (TPSA) is 67.8 Å². The number of rotatable bonds is 12. The number of alkyl halides is 7. The van der Waals surface area contributed by atoms with E-state index in [-0.39, 0.29) is 11.6 Å². The lowest BCUT2D eigenvalue weighted by Gasteiger charge is -2.37. The molecule has 0 heterocycles. The Morgan fingerprint density at radius 2 is 1.49 bits per heavy atom. The van der Waals surface area contributed by atoms with E-state index in [1.54, 1.807) is 18.2 Å². The van der Waals surface area contributed by atoms with Crippen molar-refractivity contribution in [1.82, 2.24) is 5.32 Å². The number of amides is 1. The van der Waals surface area contributed by atoms with Crippen LogP contribution in [0.5, 0.6) is 11.5 Å². The summed E-state index contributed by atoms with van der Waals surface area (Å²) in [6, 6.07) is 13.7. The molecule has 1 atom stereocenters. The molecule has 5 nitrogen and oxygen atoms in total. The highest BCUT2D eigenvalue weighted by molar-refractivity contribution is 5.95. The molecule has 0 aliphatic rings. The van der Waals surface area contributed by atoms with Gasteiger partial charge in [0.15, 0.2) is 11.6 Å². The Labute approximate surface area is 260 Å². The lowest BCUT2D eigenvalue weighted by atomic mass is 9.77. The fraction of sp³-hybridized carbons (Fsp3) is 0.219. The third-order valence-electron chi connectivity index (χ3n) is 6.82. The highest BCUT2D eigenvalue weighted by atomic mass is 19.4. The highest BCUT2D eigenvalue weighted by Gasteiger charge is 2.45. The van der Waals surface area contributed by atoms with Crippen molar-refractivity contribution in [2.24, 2.45) is 0 Å². The lowest BCUT2D eigenvalue weighted by Crippen LogP contribution is -2.49. The number of benzene rings is 4. The van der Waals surface area contributed by atoms with Crippen molar-refractivity contribution in [1.29, 1.82) is 0 Å². The molecule has 250 valence electrons. The van der Waals surface area contributed by atoms with E-state index in [2.05, 4.69) is 10.1 Å². The number of nitrogens with one attached hydrogen (secondary N) is 1. The quantitative estimate of drug-likeness (QED) is 0.152. The predicted octanol–water partition coefficient (Wildman–Crippen LogP) is 7.65. The van der Waals surface area contributed by atoms with Crippen molar-refractivity contribution in [3.05, 3.63) is 130 Å². The van der Waals surface area contributed by atoms with Gasteiger partial charge in [-0.05, 0) is 59.2 Å². The molecule has 0 aliphatic carbocycles. The van der Waals surface area contributed by atoms with Crippen molar-refractivity contribution in [3.63, 3.8) is 0 Å². The Balaban J connectivity index is 2.01. The van der Waals surface area contributed by atoms with Gasteiger partial charge in [0.2, 0.25) is 0 Å². The van der Waals surface area contributed by atoms with Crippen LogP contribution in [0.15, 0.2) is 84.9 Å². The van der Waals surface area contributed by atoms with Gasteiger partial charge in [-0.25, -0.2) is 13.2 Å². The van der Waals surface area contributed by atoms with Crippen molar-refractivity contribution < 1.29 is 63.3 Å². The zero-order chi connectivity index (χ0) is 34.6. The number of hydrogen-bond donors (Lipinski definition) is 2. The van der Waals surface area contributed by atoms with E-state index in [0.717, 1.165) is 24.3 Å². The molecule has 1 unspecified atom stereocenters. The first kappa shape index (κ1) is 35.1. The zero-order valence-corrected chi connectivity index (χ0v) is 23.7. The number of aliphatic hydroxyl groups is 1. The molecule has 1 amide bonds. The molecular formula is C32H23F10NO4. The van der Waals surface area contributed by atoms with Crippen LogP contribution in [-0.2, 0) is 18.1 Å². The minimum absolute atomic E-state index is 0.167. The lowest BCUT2D eigenvalue weighted by molar-refractivity contribution is -0.253. The van der Waals surface area contributed by atoms with Crippen molar-refractivity contribution in [3.8, 4) is 11.5 Å².